The van der Waals surface area contributed by atoms with Crippen molar-refractivity contribution in [2.45, 2.75) is 31.9 Å². The molecule has 27 heavy (non-hydrogen) atoms. The number of nitrogens with one attached hydrogen (secondary N) is 1. The third-order valence-corrected chi connectivity index (χ3v) is 4.59. The van der Waals surface area contributed by atoms with Gasteiger partial charge < -0.3 is 10.2 Å². The Morgan fingerprint density at radius 2 is 1.78 bits per heavy atom. The summed E-state index contributed by atoms with van der Waals surface area (Å²) in [7, 11) is 0. The number of amides is 1. The predicted octanol–water partition coefficient (Wildman–Crippen LogP) is 4.78. The first-order chi connectivity index (χ1) is 12.8. The molecule has 0 unspecified atom stereocenters. The first-order valence-electron chi connectivity index (χ1n) is 8.60. The van der Waals surface area contributed by atoms with Crippen LogP contribution in [-0.2, 0) is 6.18 Å². The number of hydrogen-bond acceptors (Lipinski definition) is 4. The molecule has 2 aromatic rings. The van der Waals surface area contributed by atoms with Crippen LogP contribution >= 0.6 is 11.6 Å². The maximum absolute atomic E-state index is 13.2. The zero-order valence-electron chi connectivity index (χ0n) is 14.4. The van der Waals surface area contributed by atoms with Crippen LogP contribution < -0.4 is 10.2 Å². The summed E-state index contributed by atoms with van der Waals surface area (Å²) in [5, 5.41) is 2.21. The molecule has 0 spiro atoms. The second-order valence-electron chi connectivity index (χ2n) is 6.30. The Morgan fingerprint density at radius 1 is 1.07 bits per heavy atom. The molecular weight excluding hydrogens is 381 g/mol. The summed E-state index contributed by atoms with van der Waals surface area (Å²) >= 11 is 5.66. The van der Waals surface area contributed by atoms with Crippen LogP contribution in [-0.4, -0.2) is 29.0 Å². The molecule has 2 heterocycles. The summed E-state index contributed by atoms with van der Waals surface area (Å²) in [5.74, 6) is -0.134. The molecule has 1 N–H and O–H groups in total. The Kier molecular flexibility index (Phi) is 5.84. The first-order valence-corrected chi connectivity index (χ1v) is 8.97. The van der Waals surface area contributed by atoms with Crippen LogP contribution in [0.4, 0.5) is 24.7 Å². The molecule has 0 radical (unpaired) electrons. The van der Waals surface area contributed by atoms with Gasteiger partial charge in [0.2, 0.25) is 0 Å². The van der Waals surface area contributed by atoms with Crippen molar-refractivity contribution in [1.82, 2.24) is 9.97 Å². The van der Waals surface area contributed by atoms with E-state index in [2.05, 4.69) is 20.2 Å². The molecule has 1 aliphatic heterocycles. The number of carbonyl (C=O) groups excluding carboxylic acids is 1. The summed E-state index contributed by atoms with van der Waals surface area (Å²) in [6, 6.07) is 4.69. The average Bonchev–Trinajstić information content (AvgIpc) is 2.92. The summed E-state index contributed by atoms with van der Waals surface area (Å²) in [5.41, 5.74) is -1.37. The number of alkyl halides is 3. The summed E-state index contributed by atoms with van der Waals surface area (Å²) < 4.78 is 39.6. The van der Waals surface area contributed by atoms with Crippen LogP contribution in [0.15, 0.2) is 30.6 Å². The lowest BCUT2D eigenvalue weighted by Crippen LogP contribution is -2.26. The highest BCUT2D eigenvalue weighted by Gasteiger charge is 2.34. The maximum Gasteiger partial charge on any atom is 0.418 e. The quantitative estimate of drug-likeness (QED) is 0.808. The fourth-order valence-corrected chi connectivity index (χ4v) is 3.16. The van der Waals surface area contributed by atoms with Crippen molar-refractivity contribution in [2.75, 3.05) is 23.3 Å². The van der Waals surface area contributed by atoms with Crippen molar-refractivity contribution in [3.05, 3.63) is 46.9 Å². The van der Waals surface area contributed by atoms with Crippen LogP contribution in [0, 0.1) is 0 Å². The van der Waals surface area contributed by atoms with Gasteiger partial charge in [0.05, 0.1) is 11.3 Å². The lowest BCUT2D eigenvalue weighted by Gasteiger charge is -2.21. The molecular formula is C18H18ClF3N4O. The number of anilines is 2. The van der Waals surface area contributed by atoms with Gasteiger partial charge in [-0.15, -0.1) is 0 Å². The van der Waals surface area contributed by atoms with Gasteiger partial charge in [0, 0.05) is 24.2 Å². The monoisotopic (exact) mass is 398 g/mol. The predicted molar refractivity (Wildman–Crippen MR) is 97.1 cm³/mol. The van der Waals surface area contributed by atoms with E-state index in [0.717, 1.165) is 50.9 Å². The number of nitrogens with zero attached hydrogens (tertiary/aromatic N) is 3. The van der Waals surface area contributed by atoms with E-state index in [0.29, 0.717) is 5.82 Å². The molecule has 5 nitrogen and oxygen atoms in total. The third-order valence-electron chi connectivity index (χ3n) is 4.35. The fraction of sp³-hybridized carbons (Fsp3) is 0.389. The largest absolute Gasteiger partial charge is 0.418 e. The number of carbonyl (C=O) groups is 1. The molecule has 0 bridgehead atoms. The molecule has 144 valence electrons. The van der Waals surface area contributed by atoms with E-state index in [-0.39, 0.29) is 16.4 Å². The SMILES string of the molecule is O=C(Nc1ccc(Cl)cc1C(F)(F)F)c1cc(N2CCCCCC2)ncn1. The lowest BCUT2D eigenvalue weighted by atomic mass is 10.1. The van der Waals surface area contributed by atoms with Crippen molar-refractivity contribution >= 4 is 29.0 Å². The van der Waals surface area contributed by atoms with Crippen molar-refractivity contribution in [3.8, 4) is 0 Å². The zero-order chi connectivity index (χ0) is 19.4. The normalized spacial score (nSPS) is 15.3. The fourth-order valence-electron chi connectivity index (χ4n) is 2.99. The molecule has 1 saturated heterocycles. The van der Waals surface area contributed by atoms with E-state index >= 15 is 0 Å². The molecule has 1 aromatic heterocycles. The highest BCUT2D eigenvalue weighted by atomic mass is 35.5. The Hall–Kier alpha value is -2.35. The number of rotatable bonds is 3. The molecule has 0 saturated carbocycles. The molecule has 0 aliphatic carbocycles. The van der Waals surface area contributed by atoms with Crippen molar-refractivity contribution in [2.24, 2.45) is 0 Å². The van der Waals surface area contributed by atoms with Gasteiger partial charge in [-0.05, 0) is 31.0 Å². The van der Waals surface area contributed by atoms with Gasteiger partial charge in [0.1, 0.15) is 17.8 Å². The number of halogens is 4. The third kappa shape index (κ3) is 4.88. The van der Waals surface area contributed by atoms with E-state index < -0.39 is 17.6 Å². The van der Waals surface area contributed by atoms with Crippen molar-refractivity contribution < 1.29 is 18.0 Å². The second-order valence-corrected chi connectivity index (χ2v) is 6.74. The number of hydrogen-bond donors (Lipinski definition) is 1. The minimum atomic E-state index is -4.64. The Bertz CT molecular complexity index is 820. The van der Waals surface area contributed by atoms with Gasteiger partial charge >= 0.3 is 6.18 Å². The summed E-state index contributed by atoms with van der Waals surface area (Å²) in [4.78, 5) is 22.6. The van der Waals surface area contributed by atoms with Crippen LogP contribution in [0.5, 0.6) is 0 Å². The van der Waals surface area contributed by atoms with Crippen LogP contribution in [0.2, 0.25) is 5.02 Å². The molecule has 9 heteroatoms. The van der Waals surface area contributed by atoms with Gasteiger partial charge in [-0.3, -0.25) is 4.79 Å². The average molecular weight is 399 g/mol. The number of benzene rings is 1. The highest BCUT2D eigenvalue weighted by molar-refractivity contribution is 6.30. The van der Waals surface area contributed by atoms with Gasteiger partial charge in [0.15, 0.2) is 0 Å². The summed E-state index contributed by atoms with van der Waals surface area (Å²) in [6.45, 7) is 1.65. The van der Waals surface area contributed by atoms with Crippen LogP contribution in [0.3, 0.4) is 0 Å². The van der Waals surface area contributed by atoms with Crippen molar-refractivity contribution in [1.29, 1.82) is 0 Å². The lowest BCUT2D eigenvalue weighted by molar-refractivity contribution is -0.136. The van der Waals surface area contributed by atoms with E-state index in [4.69, 9.17) is 11.6 Å². The standard InChI is InChI=1S/C18H18ClF3N4O/c19-12-5-6-14(13(9-12)18(20,21)22)25-17(27)15-10-16(24-11-23-15)26-7-3-1-2-4-8-26/h5-6,9-11H,1-4,7-8H2,(H,25,27). The van der Waals surface area contributed by atoms with E-state index in [1.807, 2.05) is 0 Å². The maximum atomic E-state index is 13.2. The van der Waals surface area contributed by atoms with E-state index in [9.17, 15) is 18.0 Å². The Morgan fingerprint density at radius 3 is 2.44 bits per heavy atom. The topological polar surface area (TPSA) is 58.1 Å². The van der Waals surface area contributed by atoms with E-state index in [1.165, 1.54) is 18.5 Å². The molecule has 3 rings (SSSR count). The van der Waals surface area contributed by atoms with Crippen molar-refractivity contribution in [3.63, 3.8) is 0 Å². The summed E-state index contributed by atoms with van der Waals surface area (Å²) in [6.07, 6.45) is 0.964. The molecule has 1 aromatic carbocycles. The van der Waals surface area contributed by atoms with Gasteiger partial charge in [0.25, 0.3) is 5.91 Å². The minimum absolute atomic E-state index is 0.00678. The van der Waals surface area contributed by atoms with Crippen LogP contribution in [0.1, 0.15) is 41.7 Å². The van der Waals surface area contributed by atoms with E-state index in [1.54, 1.807) is 0 Å². The van der Waals surface area contributed by atoms with Crippen LogP contribution in [0.25, 0.3) is 0 Å². The smallest absolute Gasteiger partial charge is 0.357 e. The molecule has 1 aliphatic rings. The first kappa shape index (κ1) is 19.4. The van der Waals surface area contributed by atoms with Gasteiger partial charge in [-0.25, -0.2) is 9.97 Å². The molecule has 1 fully saturated rings. The Balaban J connectivity index is 1.82. The zero-order valence-corrected chi connectivity index (χ0v) is 15.1. The second kappa shape index (κ2) is 8.12. The number of aromatic nitrogens is 2. The Labute approximate surface area is 159 Å². The van der Waals surface area contributed by atoms with Gasteiger partial charge in [-0.1, -0.05) is 24.4 Å². The van der Waals surface area contributed by atoms with Gasteiger partial charge in [-0.2, -0.15) is 13.2 Å². The minimum Gasteiger partial charge on any atom is -0.357 e. The highest BCUT2D eigenvalue weighted by Crippen LogP contribution is 2.36. The molecule has 0 atom stereocenters. The molecule has 1 amide bonds.